The smallest absolute Gasteiger partial charge is 0.311 e. The average Bonchev–Trinajstić information content (AvgIpc) is 3.13. The molecule has 0 bridgehead atoms. The molecule has 0 radical (unpaired) electrons. The second-order valence-electron chi connectivity index (χ2n) is 6.86. The van der Waals surface area contributed by atoms with Gasteiger partial charge in [0.05, 0.1) is 0 Å². The van der Waals surface area contributed by atoms with Crippen molar-refractivity contribution in [2.24, 2.45) is 5.92 Å². The Balaban J connectivity index is 1.51. The summed E-state index contributed by atoms with van der Waals surface area (Å²) in [7, 11) is 3.22. The maximum atomic E-state index is 12.4. The first kappa shape index (κ1) is 21.7. The average molecular weight is 458 g/mol. The first-order chi connectivity index (χ1) is 13.5. The number of nitrogens with zero attached hydrogens (tertiary/aromatic N) is 1. The van der Waals surface area contributed by atoms with Crippen LogP contribution < -0.4 is 4.74 Å². The van der Waals surface area contributed by atoms with Crippen molar-refractivity contribution in [3.63, 3.8) is 0 Å². The number of carbonyl (C=O) groups is 1. The molecule has 1 aliphatic rings. The molecular weight excluding hydrogens is 434 g/mol. The normalized spacial score (nSPS) is 20.0. The van der Waals surface area contributed by atoms with Gasteiger partial charge in [-0.2, -0.15) is 0 Å². The molecule has 1 aromatic heterocycles. The van der Waals surface area contributed by atoms with Crippen molar-refractivity contribution in [2.45, 2.75) is 38.5 Å². The number of esters is 1. The molecule has 5 nitrogen and oxygen atoms in total. The van der Waals surface area contributed by atoms with Gasteiger partial charge < -0.3 is 4.74 Å². The summed E-state index contributed by atoms with van der Waals surface area (Å²) >= 11 is 3.26. The van der Waals surface area contributed by atoms with Gasteiger partial charge in [0.1, 0.15) is 9.57 Å². The molecule has 2 aromatic rings. The Bertz CT molecular complexity index is 861. The monoisotopic (exact) mass is 457 g/mol. The Hall–Kier alpha value is -0.970. The maximum Gasteiger partial charge on any atom is 0.311 e. The van der Waals surface area contributed by atoms with Crippen LogP contribution in [-0.4, -0.2) is 32.1 Å². The van der Waals surface area contributed by atoms with Gasteiger partial charge in [-0.1, -0.05) is 39.3 Å². The predicted octanol–water partition coefficient (Wildman–Crippen LogP) is 5.52. The van der Waals surface area contributed by atoms with Crippen LogP contribution >= 0.6 is 32.9 Å². The van der Waals surface area contributed by atoms with Crippen LogP contribution in [0, 0.1) is 9.74 Å². The zero-order chi connectivity index (χ0) is 19.9. The Morgan fingerprint density at radius 1 is 1.18 bits per heavy atom. The molecule has 3 rings (SSSR count). The molecule has 0 saturated carbocycles. The third-order valence-electron chi connectivity index (χ3n) is 4.80. The highest BCUT2D eigenvalue weighted by Crippen LogP contribution is 2.30. The van der Waals surface area contributed by atoms with Crippen LogP contribution in [0.2, 0.25) is 0 Å². The first-order valence-electron chi connectivity index (χ1n) is 9.28. The molecule has 0 amide bonds. The molecule has 2 atom stereocenters. The number of rotatable bonds is 5. The summed E-state index contributed by atoms with van der Waals surface area (Å²) in [6.45, 7) is 1.22. The van der Waals surface area contributed by atoms with Crippen molar-refractivity contribution in [1.82, 2.24) is 4.31 Å². The van der Waals surface area contributed by atoms with E-state index in [1.165, 1.54) is 0 Å². The molecule has 2 unspecified atom stereocenters. The lowest BCUT2D eigenvalue weighted by Crippen LogP contribution is -2.27. The summed E-state index contributed by atoms with van der Waals surface area (Å²) in [5.41, 5.74) is 1.07. The highest BCUT2D eigenvalue weighted by molar-refractivity contribution is 7.80. The zero-order valence-corrected chi connectivity index (χ0v) is 18.6. The Morgan fingerprint density at radius 3 is 2.57 bits per heavy atom. The predicted molar refractivity (Wildman–Crippen MR) is 118 cm³/mol. The first-order valence-corrected chi connectivity index (χ1v) is 12.9. The topological polar surface area (TPSA) is 66.8 Å². The van der Waals surface area contributed by atoms with Crippen LogP contribution in [0.15, 0.2) is 30.3 Å². The number of hydrogen-bond donors (Lipinski definition) is 1. The summed E-state index contributed by atoms with van der Waals surface area (Å²) in [5.74, 6) is 0.597. The molecule has 2 heterocycles. The Labute approximate surface area is 180 Å². The molecule has 9 heteroatoms. The molecule has 1 aromatic carbocycles. The third kappa shape index (κ3) is 6.53. The quantitative estimate of drug-likeness (QED) is 0.210. The van der Waals surface area contributed by atoms with Gasteiger partial charge in [-0.3, -0.25) is 9.35 Å². The van der Waals surface area contributed by atoms with Crippen LogP contribution in [0.3, 0.4) is 0 Å². The summed E-state index contributed by atoms with van der Waals surface area (Å²) in [6, 6.07) is 9.51. The van der Waals surface area contributed by atoms with Crippen molar-refractivity contribution in [3.8, 4) is 16.2 Å². The number of hydrogen-bond acceptors (Lipinski definition) is 6. The van der Waals surface area contributed by atoms with Crippen molar-refractivity contribution in [1.29, 1.82) is 0 Å². The highest BCUT2D eigenvalue weighted by Gasteiger charge is 2.19. The van der Waals surface area contributed by atoms with E-state index in [0.29, 0.717) is 25.3 Å². The van der Waals surface area contributed by atoms with Gasteiger partial charge in [-0.15, -0.1) is 0 Å². The number of carbonyl (C=O) groups excluding carboxylic acids is 1. The summed E-state index contributed by atoms with van der Waals surface area (Å²) in [4.78, 5) is 13.5. The van der Waals surface area contributed by atoms with Crippen LogP contribution in [0.1, 0.15) is 38.5 Å². The molecular formula is C19H23NO4S4. The van der Waals surface area contributed by atoms with E-state index in [0.717, 1.165) is 46.4 Å². The minimum atomic E-state index is -1.90. The fourth-order valence-corrected chi connectivity index (χ4v) is 6.34. The van der Waals surface area contributed by atoms with Gasteiger partial charge in [-0.05, 0) is 67.5 Å². The summed E-state index contributed by atoms with van der Waals surface area (Å²) < 4.78 is 28.5. The van der Waals surface area contributed by atoms with E-state index in [1.54, 1.807) is 25.0 Å². The van der Waals surface area contributed by atoms with Gasteiger partial charge in [0, 0.05) is 24.4 Å². The van der Waals surface area contributed by atoms with E-state index in [1.807, 2.05) is 30.3 Å². The molecule has 0 aliphatic carbocycles. The zero-order valence-electron chi connectivity index (χ0n) is 15.4. The van der Waals surface area contributed by atoms with Crippen LogP contribution in [-0.2, 0) is 16.1 Å². The number of ether oxygens (including phenoxy) is 1. The molecule has 152 valence electrons. The Kier molecular flexibility index (Phi) is 8.31. The molecule has 0 spiro atoms. The lowest BCUT2D eigenvalue weighted by atomic mass is 9.94. The molecule has 1 N–H and O–H groups in total. The standard InChI is InChI=1S/C19H23NO4S4/c21-18(12-14-4-1-2-10-20(28(22)23)11-3-5-14)24-16-8-6-15(7-9-16)17-13-19(25)27-26-17/h6-9,13-14H,1-5,10-12H2,(H,22,23). The van der Waals surface area contributed by atoms with Crippen LogP contribution in [0.25, 0.3) is 10.4 Å². The van der Waals surface area contributed by atoms with Crippen molar-refractivity contribution in [2.75, 3.05) is 13.1 Å². The van der Waals surface area contributed by atoms with Gasteiger partial charge in [0.15, 0.2) is 0 Å². The molecule has 1 saturated heterocycles. The molecule has 28 heavy (non-hydrogen) atoms. The van der Waals surface area contributed by atoms with E-state index in [4.69, 9.17) is 17.0 Å². The van der Waals surface area contributed by atoms with Crippen LogP contribution in [0.5, 0.6) is 5.75 Å². The van der Waals surface area contributed by atoms with Crippen molar-refractivity contribution in [3.05, 3.63) is 34.2 Å². The van der Waals surface area contributed by atoms with Crippen molar-refractivity contribution < 1.29 is 18.3 Å². The van der Waals surface area contributed by atoms with E-state index >= 15 is 0 Å². The minimum Gasteiger partial charge on any atom is -0.427 e. The Morgan fingerprint density at radius 2 is 1.89 bits per heavy atom. The summed E-state index contributed by atoms with van der Waals surface area (Å²) in [6.07, 6.45) is 4.83. The van der Waals surface area contributed by atoms with Gasteiger partial charge in [0.2, 0.25) is 11.3 Å². The van der Waals surface area contributed by atoms with E-state index < -0.39 is 11.3 Å². The summed E-state index contributed by atoms with van der Waals surface area (Å²) in [5, 5.41) is 0. The van der Waals surface area contributed by atoms with Gasteiger partial charge >= 0.3 is 5.97 Å². The van der Waals surface area contributed by atoms with Gasteiger partial charge in [0.25, 0.3) is 0 Å². The maximum absolute atomic E-state index is 12.4. The van der Waals surface area contributed by atoms with E-state index in [2.05, 4.69) is 0 Å². The largest absolute Gasteiger partial charge is 0.427 e. The lowest BCUT2D eigenvalue weighted by Gasteiger charge is -2.16. The fourth-order valence-electron chi connectivity index (χ4n) is 3.36. The minimum absolute atomic E-state index is 0.217. The SMILES string of the molecule is O=C(CC1CCCCN(S(=O)O)CCC1)Oc1ccc(-c2cc(=S)ss2)cc1. The van der Waals surface area contributed by atoms with E-state index in [-0.39, 0.29) is 11.9 Å². The van der Waals surface area contributed by atoms with Gasteiger partial charge in [-0.25, -0.2) is 8.51 Å². The third-order valence-corrected chi connectivity index (χ3v) is 8.52. The molecule has 1 aliphatic heterocycles. The van der Waals surface area contributed by atoms with Crippen LogP contribution in [0.4, 0.5) is 0 Å². The van der Waals surface area contributed by atoms with E-state index in [9.17, 15) is 13.6 Å². The second kappa shape index (κ2) is 10.7. The number of benzene rings is 1. The lowest BCUT2D eigenvalue weighted by molar-refractivity contribution is -0.135. The molecule has 1 fully saturated rings. The second-order valence-corrected chi connectivity index (χ2v) is 10.7. The fraction of sp³-hybridized carbons (Fsp3) is 0.474. The van der Waals surface area contributed by atoms with Crippen molar-refractivity contribution >= 4 is 50.1 Å². The highest BCUT2D eigenvalue weighted by atomic mass is 32.9.